The first kappa shape index (κ1) is 22.3. The van der Waals surface area contributed by atoms with Crippen LogP contribution in [-0.4, -0.2) is 9.13 Å². The highest BCUT2D eigenvalue weighted by molar-refractivity contribution is 6.55. The van der Waals surface area contributed by atoms with Crippen LogP contribution in [0.4, 0.5) is 0 Å². The summed E-state index contributed by atoms with van der Waals surface area (Å²) in [5.41, 5.74) is 3.00. The van der Waals surface area contributed by atoms with Crippen molar-refractivity contribution in [2.24, 2.45) is 0 Å². The first-order valence-electron chi connectivity index (χ1n) is 9.28. The van der Waals surface area contributed by atoms with E-state index in [9.17, 15) is 4.79 Å². The number of halogens is 4. The van der Waals surface area contributed by atoms with E-state index in [1.165, 1.54) is 9.13 Å². The summed E-state index contributed by atoms with van der Waals surface area (Å²) in [5.74, 6) is 0. The molecular weight excluding hydrogens is 490 g/mol. The first-order chi connectivity index (χ1) is 15.3. The minimum atomic E-state index is -0.351. The molecule has 3 aromatic carbocycles. The predicted molar refractivity (Wildman–Crippen MR) is 127 cm³/mol. The maximum atomic E-state index is 13.5. The Labute approximate surface area is 203 Å². The lowest BCUT2D eigenvalue weighted by molar-refractivity contribution is 0.701. The second kappa shape index (κ2) is 8.90. The minimum absolute atomic E-state index is 0.0648. The summed E-state index contributed by atoms with van der Waals surface area (Å²) >= 11 is 25.6. The summed E-state index contributed by atoms with van der Waals surface area (Å²) in [5, 5.41) is 18.4. The van der Waals surface area contributed by atoms with Crippen LogP contribution in [0.25, 0.3) is 11.0 Å². The second-order valence-electron chi connectivity index (χ2n) is 7.03. The molecular formula is C23H12Cl4N4O. The zero-order valence-corrected chi connectivity index (χ0v) is 19.3. The van der Waals surface area contributed by atoms with Crippen molar-refractivity contribution in [3.8, 4) is 12.1 Å². The van der Waals surface area contributed by atoms with Gasteiger partial charge in [-0.15, -0.1) is 0 Å². The van der Waals surface area contributed by atoms with Crippen LogP contribution in [0.2, 0.25) is 20.1 Å². The van der Waals surface area contributed by atoms with Gasteiger partial charge in [-0.2, -0.15) is 10.5 Å². The summed E-state index contributed by atoms with van der Waals surface area (Å²) in [7, 11) is 0. The van der Waals surface area contributed by atoms with Crippen molar-refractivity contribution in [1.82, 2.24) is 9.13 Å². The van der Waals surface area contributed by atoms with Gasteiger partial charge in [-0.05, 0) is 35.4 Å². The molecule has 0 fully saturated rings. The molecule has 0 N–H and O–H groups in total. The summed E-state index contributed by atoms with van der Waals surface area (Å²) in [6.45, 7) is 0.380. The third-order valence-electron chi connectivity index (χ3n) is 5.07. The third-order valence-corrected chi connectivity index (χ3v) is 6.85. The lowest BCUT2D eigenvalue weighted by atomic mass is 10.1. The number of imidazole rings is 1. The topological polar surface area (TPSA) is 74.5 Å². The number of nitriles is 2. The number of hydrogen-bond donors (Lipinski definition) is 0. The highest BCUT2D eigenvalue weighted by atomic mass is 35.5. The van der Waals surface area contributed by atoms with E-state index < -0.39 is 0 Å². The molecule has 0 aliphatic heterocycles. The van der Waals surface area contributed by atoms with Crippen LogP contribution in [-0.2, 0) is 13.1 Å². The fourth-order valence-corrected chi connectivity index (χ4v) is 4.50. The van der Waals surface area contributed by atoms with E-state index in [1.807, 2.05) is 0 Å². The Morgan fingerprint density at radius 1 is 0.625 bits per heavy atom. The van der Waals surface area contributed by atoms with E-state index in [-0.39, 0.29) is 38.9 Å². The molecule has 0 aliphatic carbocycles. The van der Waals surface area contributed by atoms with Gasteiger partial charge in [0.2, 0.25) is 0 Å². The molecule has 0 atom stereocenters. The molecule has 0 saturated heterocycles. The van der Waals surface area contributed by atoms with Gasteiger partial charge in [0.1, 0.15) is 0 Å². The smallest absolute Gasteiger partial charge is 0.286 e. The molecule has 5 nitrogen and oxygen atoms in total. The van der Waals surface area contributed by atoms with Gasteiger partial charge in [0.05, 0.1) is 67.5 Å². The van der Waals surface area contributed by atoms with Gasteiger partial charge in [0, 0.05) is 0 Å². The highest BCUT2D eigenvalue weighted by Crippen LogP contribution is 2.43. The molecule has 32 heavy (non-hydrogen) atoms. The number of hydrogen-bond acceptors (Lipinski definition) is 3. The standard InChI is InChI=1S/C23H12Cl4N4O/c24-17-18(25)20(27)22-21(19(17)26)30(11-15-5-1-13(9-28)2-6-15)23(32)31(22)12-16-7-3-14(10-29)4-8-16/h1-8H,11-12H2. The fraction of sp³-hybridized carbons (Fsp3) is 0.0870. The van der Waals surface area contributed by atoms with E-state index in [0.29, 0.717) is 22.2 Å². The zero-order chi connectivity index (χ0) is 23.0. The van der Waals surface area contributed by atoms with Crippen molar-refractivity contribution >= 4 is 57.4 Å². The average molecular weight is 502 g/mol. The molecule has 9 heteroatoms. The van der Waals surface area contributed by atoms with Gasteiger partial charge in [-0.1, -0.05) is 70.7 Å². The predicted octanol–water partition coefficient (Wildman–Crippen LogP) is 6.26. The minimum Gasteiger partial charge on any atom is -0.286 e. The van der Waals surface area contributed by atoms with Crippen molar-refractivity contribution in [1.29, 1.82) is 10.5 Å². The van der Waals surface area contributed by atoms with Crippen LogP contribution in [0.5, 0.6) is 0 Å². The molecule has 1 aromatic heterocycles. The van der Waals surface area contributed by atoms with E-state index in [1.54, 1.807) is 48.5 Å². The SMILES string of the molecule is N#Cc1ccc(Cn2c(=O)n(Cc3ccc(C#N)cc3)c3c(Cl)c(Cl)c(Cl)c(Cl)c32)cc1. The number of fused-ring (bicyclic) bond motifs is 1. The molecule has 1 heterocycles. The first-order valence-corrected chi connectivity index (χ1v) is 10.8. The van der Waals surface area contributed by atoms with Crippen molar-refractivity contribution < 1.29 is 0 Å². The van der Waals surface area contributed by atoms with Gasteiger partial charge in [0.15, 0.2) is 0 Å². The van der Waals surface area contributed by atoms with Crippen LogP contribution < -0.4 is 5.69 Å². The van der Waals surface area contributed by atoms with E-state index in [2.05, 4.69) is 12.1 Å². The van der Waals surface area contributed by atoms with Crippen molar-refractivity contribution in [3.63, 3.8) is 0 Å². The van der Waals surface area contributed by atoms with Crippen molar-refractivity contribution in [2.75, 3.05) is 0 Å². The third kappa shape index (κ3) is 3.86. The summed E-state index contributed by atoms with van der Waals surface area (Å²) in [6, 6.07) is 17.9. The molecule has 0 spiro atoms. The Balaban J connectivity index is 1.93. The second-order valence-corrected chi connectivity index (χ2v) is 8.54. The van der Waals surface area contributed by atoms with Gasteiger partial charge < -0.3 is 0 Å². The quantitative estimate of drug-likeness (QED) is 0.245. The van der Waals surface area contributed by atoms with Crippen molar-refractivity contribution in [2.45, 2.75) is 13.1 Å². The van der Waals surface area contributed by atoms with E-state index in [0.717, 1.165) is 11.1 Å². The maximum Gasteiger partial charge on any atom is 0.329 e. The molecule has 0 unspecified atom stereocenters. The molecule has 0 bridgehead atoms. The lowest BCUT2D eigenvalue weighted by Crippen LogP contribution is -2.25. The average Bonchev–Trinajstić information content (AvgIpc) is 3.08. The number of aromatic nitrogens is 2. The van der Waals surface area contributed by atoms with Gasteiger partial charge >= 0.3 is 5.69 Å². The van der Waals surface area contributed by atoms with E-state index in [4.69, 9.17) is 56.9 Å². The molecule has 4 aromatic rings. The number of rotatable bonds is 4. The molecule has 0 amide bonds. The molecule has 0 saturated carbocycles. The fourth-order valence-electron chi connectivity index (χ4n) is 3.47. The lowest BCUT2D eigenvalue weighted by Gasteiger charge is -2.09. The Morgan fingerprint density at radius 3 is 1.28 bits per heavy atom. The molecule has 4 rings (SSSR count). The van der Waals surface area contributed by atoms with Gasteiger partial charge in [0.25, 0.3) is 0 Å². The van der Waals surface area contributed by atoms with Crippen LogP contribution in [0.1, 0.15) is 22.3 Å². The van der Waals surface area contributed by atoms with Gasteiger partial charge in [-0.25, -0.2) is 4.79 Å². The Morgan fingerprint density at radius 2 is 0.969 bits per heavy atom. The molecule has 0 aliphatic rings. The summed E-state index contributed by atoms with van der Waals surface area (Å²) in [4.78, 5) is 13.5. The van der Waals surface area contributed by atoms with Crippen LogP contribution >= 0.6 is 46.4 Å². The van der Waals surface area contributed by atoms with Crippen LogP contribution in [0.15, 0.2) is 53.3 Å². The number of benzene rings is 3. The normalized spacial score (nSPS) is 10.8. The summed E-state index contributed by atoms with van der Waals surface area (Å²) < 4.78 is 2.97. The number of nitrogens with zero attached hydrogens (tertiary/aromatic N) is 4. The Bertz CT molecular complexity index is 1380. The largest absolute Gasteiger partial charge is 0.329 e. The van der Waals surface area contributed by atoms with Crippen LogP contribution in [0, 0.1) is 22.7 Å². The monoisotopic (exact) mass is 500 g/mol. The Hall–Kier alpha value is -2.93. The highest BCUT2D eigenvalue weighted by Gasteiger charge is 2.24. The van der Waals surface area contributed by atoms with Crippen molar-refractivity contribution in [3.05, 3.63) is 101 Å². The molecule has 158 valence electrons. The molecule has 0 radical (unpaired) electrons. The van der Waals surface area contributed by atoms with Gasteiger partial charge in [-0.3, -0.25) is 9.13 Å². The van der Waals surface area contributed by atoms with Crippen LogP contribution in [0.3, 0.4) is 0 Å². The summed E-state index contributed by atoms with van der Waals surface area (Å²) in [6.07, 6.45) is 0. The zero-order valence-electron chi connectivity index (χ0n) is 16.2. The Kier molecular flexibility index (Phi) is 6.20. The van der Waals surface area contributed by atoms with E-state index >= 15 is 0 Å². The maximum absolute atomic E-state index is 13.5.